The van der Waals surface area contributed by atoms with E-state index in [0.717, 1.165) is 12.0 Å². The summed E-state index contributed by atoms with van der Waals surface area (Å²) in [6.07, 6.45) is 6.51. The maximum atomic E-state index is 13.7. The van der Waals surface area contributed by atoms with Gasteiger partial charge in [-0.1, -0.05) is 62.4 Å². The lowest BCUT2D eigenvalue weighted by molar-refractivity contribution is -0.911. The molecule has 0 spiro atoms. The Morgan fingerprint density at radius 2 is 1.78 bits per heavy atom. The molecular formula is C26H40NO5+. The lowest BCUT2D eigenvalue weighted by Crippen LogP contribution is -2.64. The number of carbonyl (C=O) groups is 1. The second kappa shape index (κ2) is 9.05. The Morgan fingerprint density at radius 1 is 1.09 bits per heavy atom. The minimum absolute atomic E-state index is 0.0534. The fourth-order valence-electron chi connectivity index (χ4n) is 5.83. The summed E-state index contributed by atoms with van der Waals surface area (Å²) in [6, 6.07) is 9.80. The molecule has 4 atom stereocenters. The van der Waals surface area contributed by atoms with Crippen LogP contribution in [0.15, 0.2) is 30.3 Å². The molecule has 2 heterocycles. The van der Waals surface area contributed by atoms with Crippen molar-refractivity contribution in [2.24, 2.45) is 5.92 Å². The van der Waals surface area contributed by atoms with E-state index in [1.807, 2.05) is 51.2 Å². The van der Waals surface area contributed by atoms with E-state index in [1.165, 1.54) is 32.1 Å². The first kappa shape index (κ1) is 23.7. The van der Waals surface area contributed by atoms with Gasteiger partial charge in [-0.2, -0.15) is 9.28 Å². The third-order valence-electron chi connectivity index (χ3n) is 8.13. The minimum Gasteiger partial charge on any atom is -0.415 e. The molecule has 3 fully saturated rings. The van der Waals surface area contributed by atoms with Crippen LogP contribution in [0.25, 0.3) is 0 Å². The van der Waals surface area contributed by atoms with Gasteiger partial charge in [0.05, 0.1) is 12.6 Å². The van der Waals surface area contributed by atoms with Crippen molar-refractivity contribution in [3.63, 3.8) is 0 Å². The number of nitrogens with zero attached hydrogens (tertiary/aromatic N) is 1. The van der Waals surface area contributed by atoms with E-state index in [9.17, 15) is 4.79 Å². The summed E-state index contributed by atoms with van der Waals surface area (Å²) in [5.74, 6) is 0.596. The first-order chi connectivity index (χ1) is 15.1. The number of likely N-dealkylation sites (N-methyl/N-ethyl adjacent to an activating group) is 1. The number of rotatable bonds is 5. The number of amides is 1. The maximum absolute atomic E-state index is 13.7. The van der Waals surface area contributed by atoms with Gasteiger partial charge in [0.2, 0.25) is 5.72 Å². The number of hydrogen-bond donors (Lipinski definition) is 0. The van der Waals surface area contributed by atoms with Crippen molar-refractivity contribution in [3.05, 3.63) is 35.9 Å². The number of hydrogen-bond acceptors (Lipinski definition) is 5. The van der Waals surface area contributed by atoms with Crippen molar-refractivity contribution in [2.75, 3.05) is 13.8 Å². The molecule has 1 aromatic carbocycles. The van der Waals surface area contributed by atoms with Gasteiger partial charge in [0.25, 0.3) is 0 Å². The largest absolute Gasteiger partial charge is 0.518 e. The van der Waals surface area contributed by atoms with Crippen LogP contribution in [0.2, 0.25) is 0 Å². The molecule has 4 rings (SSSR count). The average Bonchev–Trinajstić information content (AvgIpc) is 3.22. The molecule has 2 saturated heterocycles. The zero-order valence-corrected chi connectivity index (χ0v) is 20.3. The Bertz CT molecular complexity index is 789. The van der Waals surface area contributed by atoms with Crippen molar-refractivity contribution in [1.82, 2.24) is 0 Å². The average molecular weight is 447 g/mol. The molecule has 2 aliphatic heterocycles. The number of quaternary nitrogens is 1. The van der Waals surface area contributed by atoms with Crippen LogP contribution in [0, 0.1) is 5.92 Å². The van der Waals surface area contributed by atoms with E-state index in [4.69, 9.17) is 18.9 Å². The van der Waals surface area contributed by atoms with Crippen LogP contribution in [-0.2, 0) is 25.6 Å². The molecule has 178 valence electrons. The highest BCUT2D eigenvalue weighted by Crippen LogP contribution is 2.47. The summed E-state index contributed by atoms with van der Waals surface area (Å²) in [7, 11) is 1.99. The predicted molar refractivity (Wildman–Crippen MR) is 122 cm³/mol. The Kier molecular flexibility index (Phi) is 6.70. The van der Waals surface area contributed by atoms with Crippen LogP contribution in [0.1, 0.15) is 71.8 Å². The van der Waals surface area contributed by atoms with Gasteiger partial charge in [-0.25, -0.2) is 0 Å². The molecule has 0 bridgehead atoms. The van der Waals surface area contributed by atoms with Gasteiger partial charge >= 0.3 is 6.09 Å². The summed E-state index contributed by atoms with van der Waals surface area (Å²) < 4.78 is 24.6. The second-order valence-corrected chi connectivity index (χ2v) is 10.9. The van der Waals surface area contributed by atoms with E-state index >= 15 is 0 Å². The first-order valence-corrected chi connectivity index (χ1v) is 12.2. The van der Waals surface area contributed by atoms with Crippen LogP contribution < -0.4 is 0 Å². The number of ether oxygens (including phenoxy) is 4. The molecule has 0 radical (unpaired) electrons. The number of carbonyl (C=O) groups excluding carboxylic acids is 1. The van der Waals surface area contributed by atoms with Crippen LogP contribution in [-0.4, -0.2) is 54.0 Å². The molecule has 0 N–H and O–H groups in total. The van der Waals surface area contributed by atoms with Gasteiger partial charge in [0.1, 0.15) is 31.6 Å². The predicted octanol–water partition coefficient (Wildman–Crippen LogP) is 5.40. The quantitative estimate of drug-likeness (QED) is 0.567. The fraction of sp³-hybridized carbons (Fsp3) is 0.731. The standard InChI is InChI=1S/C26H40NO5/c1-25(2)23(30-18-31-25)22-21(16-19-12-8-6-9-13-19)27(5,26(3,4)32-22)24(28)29-17-20-14-10-7-11-15-20/h7,10-11,14-15,19,21-23H,6,8-9,12-13,16-18H2,1-5H3/q+1/t21-,22+,23?,27?/m0/s1. The van der Waals surface area contributed by atoms with E-state index in [0.29, 0.717) is 5.92 Å². The summed E-state index contributed by atoms with van der Waals surface area (Å²) in [4.78, 5) is 13.7. The van der Waals surface area contributed by atoms with Crippen molar-refractivity contribution < 1.29 is 28.2 Å². The van der Waals surface area contributed by atoms with E-state index < -0.39 is 11.3 Å². The molecule has 1 aromatic rings. The monoisotopic (exact) mass is 446 g/mol. The van der Waals surface area contributed by atoms with E-state index in [1.54, 1.807) is 0 Å². The van der Waals surface area contributed by atoms with Gasteiger partial charge in [-0.05, 0) is 25.3 Å². The normalized spacial score (nSPS) is 34.5. The third-order valence-corrected chi connectivity index (χ3v) is 8.13. The molecule has 2 unspecified atom stereocenters. The summed E-state index contributed by atoms with van der Waals surface area (Å²) in [5, 5.41) is 0. The van der Waals surface area contributed by atoms with Gasteiger partial charge in [0.15, 0.2) is 0 Å². The third kappa shape index (κ3) is 4.35. The highest BCUT2D eigenvalue weighted by atomic mass is 16.7. The Hall–Kier alpha value is -1.47. The molecule has 1 saturated carbocycles. The fourth-order valence-corrected chi connectivity index (χ4v) is 5.83. The van der Waals surface area contributed by atoms with Crippen LogP contribution >= 0.6 is 0 Å². The molecule has 3 aliphatic rings. The van der Waals surface area contributed by atoms with E-state index in [-0.39, 0.29) is 42.2 Å². The van der Waals surface area contributed by atoms with Crippen molar-refractivity contribution >= 4 is 6.09 Å². The van der Waals surface area contributed by atoms with E-state index in [2.05, 4.69) is 13.8 Å². The summed E-state index contributed by atoms with van der Waals surface area (Å²) >= 11 is 0. The van der Waals surface area contributed by atoms with Crippen LogP contribution in [0.4, 0.5) is 4.79 Å². The second-order valence-electron chi connectivity index (χ2n) is 10.9. The first-order valence-electron chi connectivity index (χ1n) is 12.2. The Labute approximate surface area is 192 Å². The molecule has 6 nitrogen and oxygen atoms in total. The molecule has 1 amide bonds. The zero-order chi connectivity index (χ0) is 23.0. The highest BCUT2D eigenvalue weighted by molar-refractivity contribution is 5.60. The smallest absolute Gasteiger partial charge is 0.415 e. The maximum Gasteiger partial charge on any atom is 0.518 e. The van der Waals surface area contributed by atoms with Gasteiger partial charge in [0, 0.05) is 20.3 Å². The lowest BCUT2D eigenvalue weighted by atomic mass is 9.81. The van der Waals surface area contributed by atoms with Crippen molar-refractivity contribution in [2.45, 2.75) is 102 Å². The molecule has 0 aromatic heterocycles. The number of benzene rings is 1. The summed E-state index contributed by atoms with van der Waals surface area (Å²) in [5.41, 5.74) is -0.214. The molecule has 6 heteroatoms. The molecule has 32 heavy (non-hydrogen) atoms. The van der Waals surface area contributed by atoms with Crippen molar-refractivity contribution in [3.8, 4) is 0 Å². The van der Waals surface area contributed by atoms with Gasteiger partial charge in [-0.15, -0.1) is 0 Å². The van der Waals surface area contributed by atoms with Gasteiger partial charge in [-0.3, -0.25) is 0 Å². The molecular weight excluding hydrogens is 406 g/mol. The molecule has 1 aliphatic carbocycles. The van der Waals surface area contributed by atoms with Crippen LogP contribution in [0.5, 0.6) is 0 Å². The Balaban J connectivity index is 1.62. The van der Waals surface area contributed by atoms with Crippen molar-refractivity contribution in [1.29, 1.82) is 0 Å². The lowest BCUT2D eigenvalue weighted by Gasteiger charge is -2.41. The summed E-state index contributed by atoms with van der Waals surface area (Å²) in [6.45, 7) is 8.64. The SMILES string of the molecule is CC1(C)OCOC1[C@@H]1OC(C)(C)[N+](C)(C(=O)OCc2ccccc2)[C@H]1CC1CCCCC1. The van der Waals surface area contributed by atoms with Crippen LogP contribution in [0.3, 0.4) is 0 Å². The zero-order valence-electron chi connectivity index (χ0n) is 20.3. The minimum atomic E-state index is -0.736. The topological polar surface area (TPSA) is 54.0 Å². The highest BCUT2D eigenvalue weighted by Gasteiger charge is 2.67. The van der Waals surface area contributed by atoms with Gasteiger partial charge < -0.3 is 18.9 Å². The Morgan fingerprint density at radius 3 is 2.41 bits per heavy atom.